The molecule has 7 heteroatoms. The number of hydrogen-bond acceptors (Lipinski definition) is 7. The molecule has 0 saturated carbocycles. The second-order valence-corrected chi connectivity index (χ2v) is 5.98. The molecule has 5 rings (SSSR count). The van der Waals surface area contributed by atoms with E-state index in [1.807, 2.05) is 60.7 Å². The first kappa shape index (κ1) is 16.1. The summed E-state index contributed by atoms with van der Waals surface area (Å²) in [6.45, 7) is 0. The third-order valence-corrected chi connectivity index (χ3v) is 4.16. The van der Waals surface area contributed by atoms with Gasteiger partial charge in [0.25, 0.3) is 0 Å². The summed E-state index contributed by atoms with van der Waals surface area (Å²) in [7, 11) is 0. The van der Waals surface area contributed by atoms with Crippen molar-refractivity contribution >= 4 is 10.9 Å². The quantitative estimate of drug-likeness (QED) is 0.461. The molecule has 0 atom stereocenters. The van der Waals surface area contributed by atoms with Crippen molar-refractivity contribution in [1.29, 1.82) is 0 Å². The Bertz CT molecular complexity index is 1220. The lowest BCUT2D eigenvalue weighted by Crippen LogP contribution is -1.96. The average Bonchev–Trinajstić information content (AvgIpc) is 3.30. The molecule has 0 amide bonds. The van der Waals surface area contributed by atoms with Crippen molar-refractivity contribution in [2.75, 3.05) is 0 Å². The minimum atomic E-state index is 0.456. The fraction of sp³-hybridized carbons (Fsp3) is 0. The van der Waals surface area contributed by atoms with E-state index in [9.17, 15) is 0 Å². The number of para-hydroxylation sites is 1. The van der Waals surface area contributed by atoms with Crippen LogP contribution in [0.2, 0.25) is 0 Å². The van der Waals surface area contributed by atoms with Crippen LogP contribution < -0.4 is 4.74 Å². The maximum absolute atomic E-state index is 6.09. The number of hydrogen-bond donors (Lipinski definition) is 0. The minimum Gasteiger partial charge on any atom is -0.438 e. The molecule has 2 aromatic carbocycles. The highest BCUT2D eigenvalue weighted by atomic mass is 16.5. The summed E-state index contributed by atoms with van der Waals surface area (Å²) < 4.78 is 11.3. The van der Waals surface area contributed by atoms with Crippen LogP contribution in [0.3, 0.4) is 0 Å². The molecule has 0 aliphatic heterocycles. The van der Waals surface area contributed by atoms with Crippen molar-refractivity contribution in [3.05, 3.63) is 79.5 Å². The van der Waals surface area contributed by atoms with Crippen LogP contribution in [-0.4, -0.2) is 25.1 Å². The molecule has 7 nitrogen and oxygen atoms in total. The molecule has 3 heterocycles. The van der Waals surface area contributed by atoms with Crippen molar-refractivity contribution < 1.29 is 9.15 Å². The van der Waals surface area contributed by atoms with Gasteiger partial charge in [-0.15, -0.1) is 10.2 Å². The van der Waals surface area contributed by atoms with Crippen LogP contribution in [0.5, 0.6) is 11.6 Å². The standard InChI is InChI=1S/C21H13N5O2/c1-2-6-18-17(5-1)21(25-19(24-18)15-4-3-11-22-12-15)28-16-9-7-14(8-10-16)20-26-23-13-27-20/h1-13H. The van der Waals surface area contributed by atoms with Crippen LogP contribution in [0.1, 0.15) is 0 Å². The molecular weight excluding hydrogens is 354 g/mol. The van der Waals surface area contributed by atoms with Crippen molar-refractivity contribution in [1.82, 2.24) is 25.1 Å². The zero-order chi connectivity index (χ0) is 18.8. The van der Waals surface area contributed by atoms with Gasteiger partial charge in [-0.2, -0.15) is 4.98 Å². The fourth-order valence-electron chi connectivity index (χ4n) is 2.83. The van der Waals surface area contributed by atoms with Crippen molar-refractivity contribution in [2.24, 2.45) is 0 Å². The summed E-state index contributed by atoms with van der Waals surface area (Å²) in [5, 5.41) is 8.42. The van der Waals surface area contributed by atoms with E-state index in [-0.39, 0.29) is 0 Å². The third kappa shape index (κ3) is 3.05. The molecule has 28 heavy (non-hydrogen) atoms. The number of aromatic nitrogens is 5. The number of nitrogens with zero attached hydrogens (tertiary/aromatic N) is 5. The summed E-state index contributed by atoms with van der Waals surface area (Å²) >= 11 is 0. The molecule has 0 unspecified atom stereocenters. The second kappa shape index (κ2) is 6.88. The Balaban J connectivity index is 1.54. The maximum atomic E-state index is 6.09. The van der Waals surface area contributed by atoms with E-state index in [1.165, 1.54) is 6.39 Å². The molecule has 0 aliphatic rings. The predicted molar refractivity (Wildman–Crippen MR) is 103 cm³/mol. The van der Waals surface area contributed by atoms with Gasteiger partial charge in [0.1, 0.15) is 5.75 Å². The zero-order valence-electron chi connectivity index (χ0n) is 14.6. The Labute approximate surface area is 159 Å². The highest BCUT2D eigenvalue weighted by molar-refractivity contribution is 5.85. The molecular formula is C21H13N5O2. The Morgan fingerprint density at radius 3 is 2.50 bits per heavy atom. The van der Waals surface area contributed by atoms with Gasteiger partial charge in [0, 0.05) is 23.5 Å². The number of ether oxygens (including phenoxy) is 1. The molecule has 3 aromatic heterocycles. The summed E-state index contributed by atoms with van der Waals surface area (Å²) in [5.41, 5.74) is 2.44. The van der Waals surface area contributed by atoms with Gasteiger partial charge < -0.3 is 9.15 Å². The first-order valence-electron chi connectivity index (χ1n) is 8.58. The average molecular weight is 367 g/mol. The summed E-state index contributed by atoms with van der Waals surface area (Å²) in [6, 6.07) is 18.9. The molecule has 0 saturated heterocycles. The Morgan fingerprint density at radius 2 is 1.71 bits per heavy atom. The monoisotopic (exact) mass is 367 g/mol. The lowest BCUT2D eigenvalue weighted by atomic mass is 10.2. The van der Waals surface area contributed by atoms with Crippen molar-refractivity contribution in [3.8, 4) is 34.5 Å². The summed E-state index contributed by atoms with van der Waals surface area (Å²) in [6.07, 6.45) is 4.74. The second-order valence-electron chi connectivity index (χ2n) is 5.98. The first-order valence-corrected chi connectivity index (χ1v) is 8.58. The Morgan fingerprint density at radius 1 is 0.821 bits per heavy atom. The molecule has 0 bridgehead atoms. The third-order valence-electron chi connectivity index (χ3n) is 4.16. The van der Waals surface area contributed by atoms with Gasteiger partial charge in [-0.1, -0.05) is 12.1 Å². The van der Waals surface area contributed by atoms with Crippen LogP contribution in [-0.2, 0) is 0 Å². The van der Waals surface area contributed by atoms with Gasteiger partial charge >= 0.3 is 0 Å². The topological polar surface area (TPSA) is 86.8 Å². The van der Waals surface area contributed by atoms with E-state index in [2.05, 4.69) is 25.1 Å². The lowest BCUT2D eigenvalue weighted by molar-refractivity contribution is 0.469. The van der Waals surface area contributed by atoms with Crippen LogP contribution in [0.15, 0.2) is 83.9 Å². The van der Waals surface area contributed by atoms with Crippen molar-refractivity contribution in [2.45, 2.75) is 0 Å². The Hall–Kier alpha value is -4.13. The van der Waals surface area contributed by atoms with Crippen LogP contribution in [0.25, 0.3) is 33.7 Å². The number of rotatable bonds is 4. The normalized spacial score (nSPS) is 10.9. The van der Waals surface area contributed by atoms with Crippen LogP contribution in [0.4, 0.5) is 0 Å². The number of benzene rings is 2. The van der Waals surface area contributed by atoms with Gasteiger partial charge in [0.15, 0.2) is 5.82 Å². The molecule has 0 aliphatic carbocycles. The van der Waals surface area contributed by atoms with Gasteiger partial charge in [-0.05, 0) is 48.5 Å². The molecule has 0 radical (unpaired) electrons. The first-order chi connectivity index (χ1) is 13.9. The molecule has 0 spiro atoms. The van der Waals surface area contributed by atoms with Gasteiger partial charge in [-0.25, -0.2) is 4.98 Å². The van der Waals surface area contributed by atoms with E-state index in [0.29, 0.717) is 23.3 Å². The van der Waals surface area contributed by atoms with Gasteiger partial charge in [0.05, 0.1) is 10.9 Å². The van der Waals surface area contributed by atoms with Gasteiger partial charge in [-0.3, -0.25) is 4.98 Å². The highest BCUT2D eigenvalue weighted by Crippen LogP contribution is 2.30. The van der Waals surface area contributed by atoms with E-state index in [0.717, 1.165) is 22.0 Å². The molecule has 0 fully saturated rings. The minimum absolute atomic E-state index is 0.456. The maximum Gasteiger partial charge on any atom is 0.247 e. The lowest BCUT2D eigenvalue weighted by Gasteiger charge is -2.10. The highest BCUT2D eigenvalue weighted by Gasteiger charge is 2.12. The summed E-state index contributed by atoms with van der Waals surface area (Å²) in [4.78, 5) is 13.4. The van der Waals surface area contributed by atoms with Gasteiger partial charge in [0.2, 0.25) is 18.2 Å². The SMILES string of the molecule is c1cncc(-c2nc(Oc3ccc(-c4nnco4)cc3)c3ccccc3n2)c1. The smallest absolute Gasteiger partial charge is 0.247 e. The number of pyridine rings is 1. The van der Waals surface area contributed by atoms with E-state index in [4.69, 9.17) is 9.15 Å². The summed E-state index contributed by atoms with van der Waals surface area (Å²) in [5.74, 6) is 2.14. The van der Waals surface area contributed by atoms with Crippen molar-refractivity contribution in [3.63, 3.8) is 0 Å². The zero-order valence-corrected chi connectivity index (χ0v) is 14.6. The van der Waals surface area contributed by atoms with Crippen LogP contribution >= 0.6 is 0 Å². The Kier molecular flexibility index (Phi) is 3.95. The number of fused-ring (bicyclic) bond motifs is 1. The van der Waals surface area contributed by atoms with E-state index < -0.39 is 0 Å². The predicted octanol–water partition coefficient (Wildman–Crippen LogP) is 4.53. The van der Waals surface area contributed by atoms with Crippen LogP contribution in [0, 0.1) is 0 Å². The fourth-order valence-corrected chi connectivity index (χ4v) is 2.83. The molecule has 0 N–H and O–H groups in total. The molecule has 5 aromatic rings. The largest absolute Gasteiger partial charge is 0.438 e. The van der Waals surface area contributed by atoms with E-state index >= 15 is 0 Å². The van der Waals surface area contributed by atoms with E-state index in [1.54, 1.807) is 12.4 Å². The molecule has 134 valence electrons.